The molecule has 1 aliphatic heterocycles. The van der Waals surface area contributed by atoms with Gasteiger partial charge in [-0.3, -0.25) is 0 Å². The molecule has 1 aromatic carbocycles. The number of rotatable bonds is 2. The third-order valence-electron chi connectivity index (χ3n) is 3.58. The third-order valence-corrected chi connectivity index (χ3v) is 3.58. The van der Waals surface area contributed by atoms with Gasteiger partial charge in [-0.25, -0.2) is 4.98 Å². The first-order valence-corrected chi connectivity index (χ1v) is 6.70. The van der Waals surface area contributed by atoms with E-state index in [9.17, 15) is 0 Å². The van der Waals surface area contributed by atoms with Crippen LogP contribution in [0.15, 0.2) is 42.6 Å². The molecule has 0 aliphatic carbocycles. The molecule has 1 unspecified atom stereocenters. The Bertz CT molecular complexity index is 660. The Balaban J connectivity index is 1.89. The zero-order chi connectivity index (χ0) is 13.9. The Hall–Kier alpha value is -2.38. The van der Waals surface area contributed by atoms with Crippen molar-refractivity contribution in [3.8, 4) is 6.07 Å². The smallest absolute Gasteiger partial charge is 0.140 e. The van der Waals surface area contributed by atoms with Gasteiger partial charge in [0.15, 0.2) is 0 Å². The molecule has 0 amide bonds. The second kappa shape index (κ2) is 5.32. The topological polar surface area (TPSA) is 65.9 Å². The van der Waals surface area contributed by atoms with Crippen LogP contribution in [-0.2, 0) is 13.0 Å². The number of benzene rings is 1. The fraction of sp³-hybridized carbons (Fsp3) is 0.250. The van der Waals surface area contributed by atoms with E-state index in [1.54, 1.807) is 6.20 Å². The van der Waals surface area contributed by atoms with Gasteiger partial charge in [0.05, 0.1) is 0 Å². The number of pyridine rings is 1. The lowest BCUT2D eigenvalue weighted by atomic mass is 9.98. The predicted octanol–water partition coefficient (Wildman–Crippen LogP) is 1.84. The van der Waals surface area contributed by atoms with E-state index >= 15 is 0 Å². The molecule has 0 radical (unpaired) electrons. The van der Waals surface area contributed by atoms with Crippen molar-refractivity contribution in [1.29, 1.82) is 5.26 Å². The van der Waals surface area contributed by atoms with Crippen LogP contribution in [0.2, 0.25) is 0 Å². The van der Waals surface area contributed by atoms with E-state index in [0.29, 0.717) is 5.69 Å². The summed E-state index contributed by atoms with van der Waals surface area (Å²) in [5.74, 6) is 0. The van der Waals surface area contributed by atoms with Gasteiger partial charge >= 0.3 is 0 Å². The monoisotopic (exact) mass is 264 g/mol. The molecular formula is C16H16N4. The SMILES string of the molecule is N#Cc1cc(CN2CC(N)Cc3ccccc32)ccn1. The van der Waals surface area contributed by atoms with Gasteiger partial charge in [-0.15, -0.1) is 0 Å². The van der Waals surface area contributed by atoms with Gasteiger partial charge in [-0.2, -0.15) is 5.26 Å². The second-order valence-corrected chi connectivity index (χ2v) is 5.13. The van der Waals surface area contributed by atoms with Crippen molar-refractivity contribution in [1.82, 2.24) is 4.98 Å². The van der Waals surface area contributed by atoms with Gasteiger partial charge in [-0.1, -0.05) is 18.2 Å². The Labute approximate surface area is 118 Å². The Kier molecular flexibility index (Phi) is 3.36. The van der Waals surface area contributed by atoms with E-state index < -0.39 is 0 Å². The van der Waals surface area contributed by atoms with Crippen LogP contribution >= 0.6 is 0 Å². The molecule has 3 rings (SSSR count). The molecule has 4 nitrogen and oxygen atoms in total. The van der Waals surface area contributed by atoms with Crippen LogP contribution in [0, 0.1) is 11.3 Å². The van der Waals surface area contributed by atoms with Crippen molar-refractivity contribution >= 4 is 5.69 Å². The first-order valence-electron chi connectivity index (χ1n) is 6.70. The van der Waals surface area contributed by atoms with Crippen molar-refractivity contribution in [2.45, 2.75) is 19.0 Å². The number of aromatic nitrogens is 1. The Morgan fingerprint density at radius 1 is 1.35 bits per heavy atom. The van der Waals surface area contributed by atoms with Crippen LogP contribution in [-0.4, -0.2) is 17.6 Å². The minimum Gasteiger partial charge on any atom is -0.365 e. The van der Waals surface area contributed by atoms with E-state index in [1.807, 2.05) is 12.1 Å². The summed E-state index contributed by atoms with van der Waals surface area (Å²) in [6.07, 6.45) is 2.61. The lowest BCUT2D eigenvalue weighted by Crippen LogP contribution is -2.42. The summed E-state index contributed by atoms with van der Waals surface area (Å²) in [5.41, 5.74) is 10.2. The molecule has 0 bridgehead atoms. The summed E-state index contributed by atoms with van der Waals surface area (Å²) in [7, 11) is 0. The standard InChI is InChI=1S/C16H16N4/c17-9-15-7-12(5-6-19-15)10-20-11-14(18)8-13-3-1-2-4-16(13)20/h1-7,14H,8,10-11,18H2. The fourth-order valence-corrected chi connectivity index (χ4v) is 2.72. The van der Waals surface area contributed by atoms with E-state index in [0.717, 1.165) is 25.1 Å². The normalized spacial score (nSPS) is 17.4. The molecule has 0 saturated carbocycles. The molecule has 100 valence electrons. The molecule has 0 fully saturated rings. The van der Waals surface area contributed by atoms with Gasteiger partial charge in [0.1, 0.15) is 11.8 Å². The van der Waals surface area contributed by atoms with Gasteiger partial charge < -0.3 is 10.6 Å². The summed E-state index contributed by atoms with van der Waals surface area (Å²) in [6, 6.07) is 14.4. The molecule has 1 aliphatic rings. The van der Waals surface area contributed by atoms with Crippen molar-refractivity contribution in [3.63, 3.8) is 0 Å². The third kappa shape index (κ3) is 2.49. The van der Waals surface area contributed by atoms with Crippen LogP contribution in [0.5, 0.6) is 0 Å². The zero-order valence-electron chi connectivity index (χ0n) is 11.2. The lowest BCUT2D eigenvalue weighted by molar-refractivity contribution is 0.598. The number of hydrogen-bond acceptors (Lipinski definition) is 4. The van der Waals surface area contributed by atoms with Crippen molar-refractivity contribution < 1.29 is 0 Å². The summed E-state index contributed by atoms with van der Waals surface area (Å²) >= 11 is 0. The summed E-state index contributed by atoms with van der Waals surface area (Å²) in [5, 5.41) is 8.92. The van der Waals surface area contributed by atoms with Crippen molar-refractivity contribution in [2.75, 3.05) is 11.4 Å². The number of nitriles is 1. The maximum atomic E-state index is 8.92. The lowest BCUT2D eigenvalue weighted by Gasteiger charge is -2.34. The minimum absolute atomic E-state index is 0.155. The molecule has 2 heterocycles. The molecule has 2 aromatic rings. The molecule has 20 heavy (non-hydrogen) atoms. The van der Waals surface area contributed by atoms with Gasteiger partial charge in [0.2, 0.25) is 0 Å². The van der Waals surface area contributed by atoms with Gasteiger partial charge in [-0.05, 0) is 35.7 Å². The Morgan fingerprint density at radius 3 is 3.05 bits per heavy atom. The minimum atomic E-state index is 0.155. The van der Waals surface area contributed by atoms with Crippen LogP contribution in [0.3, 0.4) is 0 Å². The highest BCUT2D eigenvalue weighted by atomic mass is 15.2. The number of fused-ring (bicyclic) bond motifs is 1. The number of anilines is 1. The Morgan fingerprint density at radius 2 is 2.20 bits per heavy atom. The molecule has 0 spiro atoms. The number of nitrogens with two attached hydrogens (primary N) is 1. The van der Waals surface area contributed by atoms with E-state index in [2.05, 4.69) is 40.2 Å². The van der Waals surface area contributed by atoms with E-state index in [-0.39, 0.29) is 6.04 Å². The molecule has 1 aromatic heterocycles. The average Bonchev–Trinajstić information content (AvgIpc) is 2.47. The van der Waals surface area contributed by atoms with E-state index in [4.69, 9.17) is 11.0 Å². The number of para-hydroxylation sites is 1. The maximum Gasteiger partial charge on any atom is 0.140 e. The second-order valence-electron chi connectivity index (χ2n) is 5.13. The maximum absolute atomic E-state index is 8.92. The molecule has 1 atom stereocenters. The fourth-order valence-electron chi connectivity index (χ4n) is 2.72. The molecule has 2 N–H and O–H groups in total. The molecular weight excluding hydrogens is 248 g/mol. The quantitative estimate of drug-likeness (QED) is 0.899. The first kappa shape index (κ1) is 12.6. The highest BCUT2D eigenvalue weighted by Crippen LogP contribution is 2.27. The highest BCUT2D eigenvalue weighted by molar-refractivity contribution is 5.56. The highest BCUT2D eigenvalue weighted by Gasteiger charge is 2.21. The largest absolute Gasteiger partial charge is 0.365 e. The van der Waals surface area contributed by atoms with Crippen molar-refractivity contribution in [2.24, 2.45) is 5.73 Å². The van der Waals surface area contributed by atoms with Crippen LogP contribution in [0.25, 0.3) is 0 Å². The zero-order valence-corrected chi connectivity index (χ0v) is 11.2. The van der Waals surface area contributed by atoms with Crippen LogP contribution in [0.4, 0.5) is 5.69 Å². The first-order chi connectivity index (χ1) is 9.76. The summed E-state index contributed by atoms with van der Waals surface area (Å²) in [6.45, 7) is 1.59. The van der Waals surface area contributed by atoms with Crippen LogP contribution in [0.1, 0.15) is 16.8 Å². The number of hydrogen-bond donors (Lipinski definition) is 1. The van der Waals surface area contributed by atoms with E-state index in [1.165, 1.54) is 11.3 Å². The van der Waals surface area contributed by atoms with Gasteiger partial charge in [0, 0.05) is 31.0 Å². The molecule has 4 heteroatoms. The molecule has 0 saturated heterocycles. The predicted molar refractivity (Wildman–Crippen MR) is 78.1 cm³/mol. The van der Waals surface area contributed by atoms with Crippen LogP contribution < -0.4 is 10.6 Å². The van der Waals surface area contributed by atoms with Crippen molar-refractivity contribution in [3.05, 3.63) is 59.4 Å². The number of nitrogens with zero attached hydrogens (tertiary/aromatic N) is 3. The summed E-state index contributed by atoms with van der Waals surface area (Å²) < 4.78 is 0. The summed E-state index contributed by atoms with van der Waals surface area (Å²) in [4.78, 5) is 6.28. The average molecular weight is 264 g/mol. The van der Waals surface area contributed by atoms with Gasteiger partial charge in [0.25, 0.3) is 0 Å².